The molecule has 1 saturated carbocycles. The quantitative estimate of drug-likeness (QED) is 0.261. The molecule has 2 fully saturated rings. The van der Waals surface area contributed by atoms with E-state index in [0.29, 0.717) is 52.5 Å². The Morgan fingerprint density at radius 2 is 1.76 bits per heavy atom. The average molecular weight is 578 g/mol. The standard InChI is InChI=1S/C32H36FN3O4S/c1-20-13-16-36(17-14-20)31-27(19-28(37)38)21(2)34-30(32(39)35-41-26-11-12-26)29(31)23-5-9-25(10-6-23)40-18-15-22-3-7-24(33)8-4-22/h3-10,20,26H,11-19H2,1-2H3,(H,35,39)(H,37,38). The van der Waals surface area contributed by atoms with Gasteiger partial charge in [0.2, 0.25) is 0 Å². The van der Waals surface area contributed by atoms with Crippen molar-refractivity contribution >= 4 is 29.5 Å². The van der Waals surface area contributed by atoms with Gasteiger partial charge in [0, 0.05) is 41.6 Å². The van der Waals surface area contributed by atoms with Crippen molar-refractivity contribution < 1.29 is 23.8 Å². The van der Waals surface area contributed by atoms with Gasteiger partial charge < -0.3 is 14.7 Å². The zero-order valence-electron chi connectivity index (χ0n) is 23.5. The van der Waals surface area contributed by atoms with Crippen molar-refractivity contribution in [3.63, 3.8) is 0 Å². The lowest BCUT2D eigenvalue weighted by Gasteiger charge is -2.36. The van der Waals surface area contributed by atoms with Crippen LogP contribution < -0.4 is 14.4 Å². The Bertz CT molecular complexity index is 1390. The van der Waals surface area contributed by atoms with Crippen molar-refractivity contribution in [2.24, 2.45) is 5.92 Å². The van der Waals surface area contributed by atoms with E-state index in [2.05, 4.69) is 16.5 Å². The highest BCUT2D eigenvalue weighted by Gasteiger charge is 2.30. The van der Waals surface area contributed by atoms with E-state index in [9.17, 15) is 19.1 Å². The summed E-state index contributed by atoms with van der Waals surface area (Å²) in [6, 6.07) is 13.9. The normalized spacial score (nSPS) is 15.5. The summed E-state index contributed by atoms with van der Waals surface area (Å²) in [4.78, 5) is 32.4. The summed E-state index contributed by atoms with van der Waals surface area (Å²) in [6.07, 6.45) is 4.63. The van der Waals surface area contributed by atoms with Crippen LogP contribution in [0.1, 0.15) is 59.9 Å². The Kier molecular flexibility index (Phi) is 9.12. The highest BCUT2D eigenvalue weighted by atomic mass is 32.2. The predicted octanol–water partition coefficient (Wildman–Crippen LogP) is 6.22. The Morgan fingerprint density at radius 3 is 2.39 bits per heavy atom. The second-order valence-corrected chi connectivity index (χ2v) is 12.1. The van der Waals surface area contributed by atoms with E-state index in [1.165, 1.54) is 24.1 Å². The third-order valence-corrected chi connectivity index (χ3v) is 8.79. The molecule has 0 radical (unpaired) electrons. The summed E-state index contributed by atoms with van der Waals surface area (Å²) in [7, 11) is 0. The van der Waals surface area contributed by atoms with Gasteiger partial charge >= 0.3 is 5.97 Å². The number of anilines is 1. The molecule has 41 heavy (non-hydrogen) atoms. The van der Waals surface area contributed by atoms with Crippen LogP contribution in [0.25, 0.3) is 11.1 Å². The maximum absolute atomic E-state index is 13.5. The second-order valence-electron chi connectivity index (χ2n) is 11.0. The van der Waals surface area contributed by atoms with Gasteiger partial charge in [-0.25, -0.2) is 9.37 Å². The van der Waals surface area contributed by atoms with Gasteiger partial charge in [0.05, 0.1) is 18.7 Å². The minimum atomic E-state index is -0.932. The smallest absolute Gasteiger partial charge is 0.307 e. The maximum Gasteiger partial charge on any atom is 0.307 e. The molecule has 1 amide bonds. The third-order valence-electron chi connectivity index (χ3n) is 7.68. The third kappa shape index (κ3) is 7.38. The Balaban J connectivity index is 1.49. The maximum atomic E-state index is 13.5. The first kappa shape index (κ1) is 28.9. The van der Waals surface area contributed by atoms with Crippen LogP contribution in [0.5, 0.6) is 5.75 Å². The number of nitrogens with one attached hydrogen (secondary N) is 1. The van der Waals surface area contributed by atoms with Gasteiger partial charge in [-0.3, -0.25) is 14.3 Å². The number of rotatable bonds is 11. The summed E-state index contributed by atoms with van der Waals surface area (Å²) in [5.74, 6) is -0.207. The number of halogens is 1. The molecule has 0 spiro atoms. The lowest BCUT2D eigenvalue weighted by molar-refractivity contribution is -0.136. The van der Waals surface area contributed by atoms with Gasteiger partial charge in [-0.05, 0) is 85.9 Å². The minimum Gasteiger partial charge on any atom is -0.493 e. The number of carboxylic acids is 1. The van der Waals surface area contributed by atoms with Crippen LogP contribution in [0.4, 0.5) is 10.1 Å². The van der Waals surface area contributed by atoms with Crippen LogP contribution in [0.15, 0.2) is 48.5 Å². The molecule has 1 aromatic heterocycles. The first-order valence-electron chi connectivity index (χ1n) is 14.2. The van der Waals surface area contributed by atoms with Crippen molar-refractivity contribution in [2.45, 2.75) is 57.6 Å². The highest BCUT2D eigenvalue weighted by molar-refractivity contribution is 7.98. The average Bonchev–Trinajstić information content (AvgIpc) is 3.79. The van der Waals surface area contributed by atoms with E-state index in [4.69, 9.17) is 9.72 Å². The second kappa shape index (κ2) is 12.9. The molecule has 9 heteroatoms. The molecule has 2 aliphatic rings. The molecule has 2 N–H and O–H groups in total. The number of aryl methyl sites for hydroxylation is 1. The monoisotopic (exact) mass is 577 g/mol. The number of carbonyl (C=O) groups excluding carboxylic acids is 1. The fraction of sp³-hybridized carbons (Fsp3) is 0.406. The molecule has 1 aliphatic heterocycles. The van der Waals surface area contributed by atoms with Gasteiger partial charge in [0.25, 0.3) is 5.91 Å². The van der Waals surface area contributed by atoms with Gasteiger partial charge in [-0.15, -0.1) is 0 Å². The number of amides is 1. The van der Waals surface area contributed by atoms with Crippen molar-refractivity contribution in [3.8, 4) is 16.9 Å². The number of benzene rings is 2. The fourth-order valence-electron chi connectivity index (χ4n) is 5.13. The van der Waals surface area contributed by atoms with Crippen LogP contribution in [-0.4, -0.2) is 46.9 Å². The molecule has 2 heterocycles. The lowest BCUT2D eigenvalue weighted by Crippen LogP contribution is -2.35. The molecule has 1 saturated heterocycles. The molecular weight excluding hydrogens is 541 g/mol. The van der Waals surface area contributed by atoms with E-state index in [-0.39, 0.29) is 18.1 Å². The number of hydrogen-bond donors (Lipinski definition) is 2. The molecule has 0 atom stereocenters. The fourth-order valence-corrected chi connectivity index (χ4v) is 5.88. The highest BCUT2D eigenvalue weighted by Crippen LogP contribution is 2.41. The van der Waals surface area contributed by atoms with Crippen LogP contribution in [0.2, 0.25) is 0 Å². The van der Waals surface area contributed by atoms with E-state index < -0.39 is 5.97 Å². The summed E-state index contributed by atoms with van der Waals surface area (Å²) in [5, 5.41) is 10.2. The Hall–Kier alpha value is -3.59. The first-order valence-corrected chi connectivity index (χ1v) is 15.1. The molecule has 3 aromatic rings. The number of piperidine rings is 1. The molecule has 1 aliphatic carbocycles. The van der Waals surface area contributed by atoms with E-state index in [1.54, 1.807) is 19.1 Å². The van der Waals surface area contributed by atoms with Gasteiger partial charge in [-0.1, -0.05) is 31.2 Å². The van der Waals surface area contributed by atoms with E-state index >= 15 is 0 Å². The van der Waals surface area contributed by atoms with Crippen molar-refractivity contribution in [3.05, 3.63) is 76.9 Å². The van der Waals surface area contributed by atoms with Crippen LogP contribution in [-0.2, 0) is 17.6 Å². The summed E-state index contributed by atoms with van der Waals surface area (Å²) in [6.45, 7) is 6.03. The largest absolute Gasteiger partial charge is 0.493 e. The van der Waals surface area contributed by atoms with Crippen molar-refractivity contribution in [2.75, 3.05) is 24.6 Å². The van der Waals surface area contributed by atoms with E-state index in [1.807, 2.05) is 24.3 Å². The molecule has 0 unspecified atom stereocenters. The van der Waals surface area contributed by atoms with Crippen LogP contribution in [0, 0.1) is 18.7 Å². The number of aromatic nitrogens is 1. The molecule has 5 rings (SSSR count). The summed E-state index contributed by atoms with van der Waals surface area (Å²) in [5.41, 5.74) is 4.74. The predicted molar refractivity (Wildman–Crippen MR) is 160 cm³/mol. The Morgan fingerprint density at radius 1 is 1.07 bits per heavy atom. The lowest BCUT2D eigenvalue weighted by atomic mass is 9.92. The number of aliphatic carboxylic acids is 1. The van der Waals surface area contributed by atoms with E-state index in [0.717, 1.165) is 55.6 Å². The van der Waals surface area contributed by atoms with Crippen molar-refractivity contribution in [1.29, 1.82) is 0 Å². The number of nitrogens with zero attached hydrogens (tertiary/aromatic N) is 2. The van der Waals surface area contributed by atoms with Crippen LogP contribution >= 0.6 is 11.9 Å². The molecule has 0 bridgehead atoms. The van der Waals surface area contributed by atoms with Gasteiger partial charge in [0.15, 0.2) is 0 Å². The number of pyridine rings is 1. The molecular formula is C32H36FN3O4S. The van der Waals surface area contributed by atoms with Gasteiger partial charge in [0.1, 0.15) is 17.3 Å². The number of carbonyl (C=O) groups is 2. The summed E-state index contributed by atoms with van der Waals surface area (Å²) >= 11 is 1.43. The summed E-state index contributed by atoms with van der Waals surface area (Å²) < 4.78 is 22.1. The topological polar surface area (TPSA) is 91.8 Å². The zero-order chi connectivity index (χ0) is 28.9. The zero-order valence-corrected chi connectivity index (χ0v) is 24.3. The van der Waals surface area contributed by atoms with Gasteiger partial charge in [-0.2, -0.15) is 0 Å². The number of carboxylic acid groups (broad SMARTS) is 1. The van der Waals surface area contributed by atoms with Crippen molar-refractivity contribution in [1.82, 2.24) is 9.71 Å². The number of ether oxygens (including phenoxy) is 1. The minimum absolute atomic E-state index is 0.170. The first-order chi connectivity index (χ1) is 19.8. The number of hydrogen-bond acceptors (Lipinski definition) is 6. The SMILES string of the molecule is Cc1nc(C(=O)NSC2CC2)c(-c2ccc(OCCc3ccc(F)cc3)cc2)c(N2CCC(C)CC2)c1CC(=O)O. The Labute approximate surface area is 244 Å². The van der Waals surface area contributed by atoms with Crippen LogP contribution in [0.3, 0.4) is 0 Å². The molecule has 216 valence electrons. The molecule has 2 aromatic carbocycles. The molecule has 7 nitrogen and oxygen atoms in total.